The first-order valence-corrected chi connectivity index (χ1v) is 8.59. The Bertz CT molecular complexity index is 287. The third-order valence-electron chi connectivity index (χ3n) is 2.36. The summed E-state index contributed by atoms with van der Waals surface area (Å²) in [5.74, 6) is 0. The molecule has 0 bridgehead atoms. The summed E-state index contributed by atoms with van der Waals surface area (Å²) in [6, 6.07) is 8.82. The molecule has 0 N–H and O–H groups in total. The maximum absolute atomic E-state index is 3.90. The smallest absolute Gasteiger partial charge is 0.103 e. The zero-order valence-electron chi connectivity index (χ0n) is 8.18. The minimum atomic E-state index is -1.34. The van der Waals surface area contributed by atoms with Crippen LogP contribution in [0.4, 0.5) is 0 Å². The minimum absolute atomic E-state index is 0.934. The van der Waals surface area contributed by atoms with Crippen molar-refractivity contribution in [2.24, 2.45) is 0 Å². The van der Waals surface area contributed by atoms with Crippen LogP contribution in [0.5, 0.6) is 0 Å². The molecule has 2 heteroatoms. The van der Waals surface area contributed by atoms with Crippen LogP contribution in [-0.2, 0) is 5.33 Å². The molecule has 0 saturated carbocycles. The molecule has 0 aliphatic rings. The zero-order chi connectivity index (χ0) is 9.90. The average Bonchev–Trinajstić information content (AvgIpc) is 2.18. The van der Waals surface area contributed by atoms with Crippen LogP contribution in [0.25, 0.3) is 0 Å². The molecule has 0 aliphatic heterocycles. The highest BCUT2D eigenvalue weighted by Gasteiger charge is 2.18. The van der Waals surface area contributed by atoms with Gasteiger partial charge in [-0.15, -0.1) is 6.58 Å². The topological polar surface area (TPSA) is 0 Å². The molecule has 1 aromatic carbocycles. The quantitative estimate of drug-likeness (QED) is 0.574. The molecule has 0 aromatic heterocycles. The summed E-state index contributed by atoms with van der Waals surface area (Å²) in [5, 5.41) is 2.38. The highest BCUT2D eigenvalue weighted by molar-refractivity contribution is 9.08. The van der Waals surface area contributed by atoms with Gasteiger partial charge in [0.25, 0.3) is 0 Å². The molecule has 70 valence electrons. The van der Waals surface area contributed by atoms with Gasteiger partial charge in [-0.2, -0.15) is 0 Å². The Morgan fingerprint density at radius 2 is 1.85 bits per heavy atom. The number of benzene rings is 1. The third-order valence-corrected chi connectivity index (χ3v) is 5.85. The summed E-state index contributed by atoms with van der Waals surface area (Å²) in [5.41, 5.74) is 3.45. The first-order chi connectivity index (χ1) is 6.10. The number of hydrogen-bond donors (Lipinski definition) is 0. The monoisotopic (exact) mass is 254 g/mol. The van der Waals surface area contributed by atoms with E-state index in [0.29, 0.717) is 0 Å². The molecule has 0 amide bonds. The highest BCUT2D eigenvalue weighted by Crippen LogP contribution is 2.07. The third kappa shape index (κ3) is 2.55. The van der Waals surface area contributed by atoms with Crippen molar-refractivity contribution in [3.63, 3.8) is 0 Å². The van der Waals surface area contributed by atoms with E-state index in [1.807, 2.05) is 0 Å². The molecule has 0 unspecified atom stereocenters. The Morgan fingerprint density at radius 3 is 2.23 bits per heavy atom. The molecule has 0 atom stereocenters. The summed E-state index contributed by atoms with van der Waals surface area (Å²) in [7, 11) is -1.34. The van der Waals surface area contributed by atoms with Crippen molar-refractivity contribution in [2.45, 2.75) is 18.4 Å². The van der Waals surface area contributed by atoms with E-state index in [4.69, 9.17) is 0 Å². The van der Waals surface area contributed by atoms with E-state index >= 15 is 0 Å². The van der Waals surface area contributed by atoms with Crippen molar-refractivity contribution in [1.82, 2.24) is 0 Å². The van der Waals surface area contributed by atoms with Crippen LogP contribution < -0.4 is 5.19 Å². The molecular weight excluding hydrogens is 240 g/mol. The predicted molar refractivity (Wildman–Crippen MR) is 66.4 cm³/mol. The molecule has 0 spiro atoms. The molecule has 0 saturated heterocycles. The Balaban J connectivity index is 2.98. The second kappa shape index (κ2) is 4.25. The van der Waals surface area contributed by atoms with Crippen molar-refractivity contribution in [1.29, 1.82) is 0 Å². The zero-order valence-corrected chi connectivity index (χ0v) is 10.8. The van der Waals surface area contributed by atoms with E-state index in [9.17, 15) is 0 Å². The van der Waals surface area contributed by atoms with Gasteiger partial charge in [0.2, 0.25) is 0 Å². The van der Waals surface area contributed by atoms with Gasteiger partial charge in [-0.3, -0.25) is 0 Å². The van der Waals surface area contributed by atoms with Gasteiger partial charge < -0.3 is 0 Å². The molecule has 1 rings (SSSR count). The van der Waals surface area contributed by atoms with Gasteiger partial charge in [0.05, 0.1) is 0 Å². The second-order valence-electron chi connectivity index (χ2n) is 3.76. The average molecular weight is 255 g/mol. The Kier molecular flexibility index (Phi) is 3.51. The van der Waals surface area contributed by atoms with Crippen LogP contribution in [0.2, 0.25) is 13.1 Å². The fourth-order valence-corrected chi connectivity index (χ4v) is 2.78. The lowest BCUT2D eigenvalue weighted by Crippen LogP contribution is -2.39. The number of alkyl halides is 1. The first kappa shape index (κ1) is 10.7. The molecule has 0 fully saturated rings. The van der Waals surface area contributed by atoms with Crippen molar-refractivity contribution in [3.05, 3.63) is 42.1 Å². The molecule has 0 aliphatic carbocycles. The maximum atomic E-state index is 3.90. The largest absolute Gasteiger partial charge is 0.107 e. The van der Waals surface area contributed by atoms with Gasteiger partial charge in [0.1, 0.15) is 8.07 Å². The van der Waals surface area contributed by atoms with Crippen LogP contribution in [-0.4, -0.2) is 8.07 Å². The SMILES string of the molecule is C=C[Si](C)(C)c1ccc(CBr)cc1. The molecule has 13 heavy (non-hydrogen) atoms. The highest BCUT2D eigenvalue weighted by atomic mass is 79.9. The van der Waals surface area contributed by atoms with E-state index < -0.39 is 8.07 Å². The number of hydrogen-bond acceptors (Lipinski definition) is 0. The predicted octanol–water partition coefficient (Wildman–Crippen LogP) is 3.22. The van der Waals surface area contributed by atoms with Gasteiger partial charge in [-0.05, 0) is 5.56 Å². The second-order valence-corrected chi connectivity index (χ2v) is 8.75. The van der Waals surface area contributed by atoms with Crippen LogP contribution in [0.1, 0.15) is 5.56 Å². The van der Waals surface area contributed by atoms with Gasteiger partial charge in [-0.1, -0.05) is 64.2 Å². The molecule has 0 radical (unpaired) electrons. The lowest BCUT2D eigenvalue weighted by atomic mass is 10.2. The van der Waals surface area contributed by atoms with Gasteiger partial charge in [0.15, 0.2) is 0 Å². The Hall–Kier alpha value is -0.343. The van der Waals surface area contributed by atoms with Crippen molar-refractivity contribution in [2.75, 3.05) is 0 Å². The van der Waals surface area contributed by atoms with Gasteiger partial charge >= 0.3 is 0 Å². The van der Waals surface area contributed by atoms with E-state index in [2.05, 4.69) is 65.6 Å². The van der Waals surface area contributed by atoms with Gasteiger partial charge in [0, 0.05) is 5.33 Å². The summed E-state index contributed by atoms with van der Waals surface area (Å²) >= 11 is 3.44. The van der Waals surface area contributed by atoms with Crippen LogP contribution >= 0.6 is 15.9 Å². The fourth-order valence-electron chi connectivity index (χ4n) is 1.14. The van der Waals surface area contributed by atoms with Crippen molar-refractivity contribution >= 4 is 29.2 Å². The Labute approximate surface area is 89.8 Å². The number of rotatable bonds is 3. The lowest BCUT2D eigenvalue weighted by Gasteiger charge is -2.17. The normalized spacial score (nSPS) is 11.3. The van der Waals surface area contributed by atoms with Crippen LogP contribution in [0.15, 0.2) is 36.5 Å². The van der Waals surface area contributed by atoms with Crippen LogP contribution in [0.3, 0.4) is 0 Å². The molecule has 1 aromatic rings. The summed E-state index contributed by atoms with van der Waals surface area (Å²) < 4.78 is 0. The van der Waals surface area contributed by atoms with Crippen molar-refractivity contribution < 1.29 is 0 Å². The summed E-state index contributed by atoms with van der Waals surface area (Å²) in [6.07, 6.45) is 0. The maximum Gasteiger partial charge on any atom is 0.103 e. The molecule has 0 heterocycles. The lowest BCUT2D eigenvalue weighted by molar-refractivity contribution is 1.45. The van der Waals surface area contributed by atoms with Crippen molar-refractivity contribution in [3.8, 4) is 0 Å². The summed E-state index contributed by atoms with van der Waals surface area (Å²) in [4.78, 5) is 0. The van der Waals surface area contributed by atoms with Gasteiger partial charge in [-0.25, -0.2) is 0 Å². The van der Waals surface area contributed by atoms with E-state index in [1.165, 1.54) is 10.8 Å². The molecule has 0 nitrogen and oxygen atoms in total. The summed E-state index contributed by atoms with van der Waals surface area (Å²) in [6.45, 7) is 8.52. The standard InChI is InChI=1S/C11H15BrSi/c1-4-13(2,3)11-7-5-10(9-12)6-8-11/h4-8H,1,9H2,2-3H3. The fraction of sp³-hybridized carbons (Fsp3) is 0.273. The number of halogens is 1. The molecular formula is C11H15BrSi. The Morgan fingerprint density at radius 1 is 1.31 bits per heavy atom. The van der Waals surface area contributed by atoms with Crippen LogP contribution in [0, 0.1) is 0 Å². The van der Waals surface area contributed by atoms with E-state index in [-0.39, 0.29) is 0 Å². The van der Waals surface area contributed by atoms with E-state index in [0.717, 1.165) is 5.33 Å². The van der Waals surface area contributed by atoms with E-state index in [1.54, 1.807) is 0 Å². The minimum Gasteiger partial charge on any atom is -0.107 e. The first-order valence-electron chi connectivity index (χ1n) is 4.39.